The van der Waals surface area contributed by atoms with Crippen molar-refractivity contribution >= 4 is 12.2 Å². The van der Waals surface area contributed by atoms with E-state index in [1.165, 1.54) is 22.3 Å². The van der Waals surface area contributed by atoms with Crippen molar-refractivity contribution in [3.05, 3.63) is 130 Å². The zero-order chi connectivity index (χ0) is 22.0. The number of allylic oxidation sites excluding steroid dienone is 10. The van der Waals surface area contributed by atoms with Gasteiger partial charge in [-0.2, -0.15) is 0 Å². The SMILES string of the molecule is Cc1ccc2c(c1)[C]([Hf+2]([C]1=C3C=CC=CC3c3ccc(C)cc31)=[Si](C)C)=C1C=CC=CC12.[Cl-].[Cl-]. The fourth-order valence-electron chi connectivity index (χ4n) is 5.91. The minimum atomic E-state index is -2.43. The second-order valence-corrected chi connectivity index (χ2v) is 32.8. The molecule has 4 aliphatic rings. The Morgan fingerprint density at radius 2 is 1.09 bits per heavy atom. The van der Waals surface area contributed by atoms with Crippen molar-refractivity contribution in [3.63, 3.8) is 0 Å². The van der Waals surface area contributed by atoms with Gasteiger partial charge in [-0.25, -0.2) is 0 Å². The van der Waals surface area contributed by atoms with Gasteiger partial charge in [0.15, 0.2) is 0 Å². The number of hydrogen-bond acceptors (Lipinski definition) is 0. The van der Waals surface area contributed by atoms with Crippen LogP contribution >= 0.6 is 0 Å². The molecule has 170 valence electrons. The van der Waals surface area contributed by atoms with Crippen LogP contribution in [0.2, 0.25) is 13.1 Å². The van der Waals surface area contributed by atoms with E-state index < -0.39 is 25.6 Å². The van der Waals surface area contributed by atoms with Gasteiger partial charge in [-0.3, -0.25) is 0 Å². The summed E-state index contributed by atoms with van der Waals surface area (Å²) in [5.74, 6) is 0.905. The van der Waals surface area contributed by atoms with Gasteiger partial charge in [-0.05, 0) is 0 Å². The molecule has 0 heterocycles. The van der Waals surface area contributed by atoms with E-state index in [9.17, 15) is 0 Å². The summed E-state index contributed by atoms with van der Waals surface area (Å²) in [7, 11) is 0. The molecule has 0 nitrogen and oxygen atoms in total. The Balaban J connectivity index is 0.00000137. The molecule has 0 aromatic heterocycles. The Hall–Kier alpha value is -1.45. The fraction of sp³-hybridized carbons (Fsp3) is 0.200. The molecular weight excluding hydrogens is 638 g/mol. The number of fused-ring (bicyclic) bond motifs is 6. The van der Waals surface area contributed by atoms with Crippen LogP contribution in [0.4, 0.5) is 0 Å². The Morgan fingerprint density at radius 3 is 1.50 bits per heavy atom. The largest absolute Gasteiger partial charge is 1.00 e. The molecule has 4 heteroatoms. The van der Waals surface area contributed by atoms with Crippen LogP contribution in [0.15, 0.2) is 96.2 Å². The molecule has 4 aliphatic carbocycles. The summed E-state index contributed by atoms with van der Waals surface area (Å²) in [6.45, 7) is 9.71. The van der Waals surface area contributed by atoms with Gasteiger partial charge in [0.2, 0.25) is 0 Å². The molecular formula is C30H28Cl2HfSi. The molecule has 0 saturated heterocycles. The van der Waals surface area contributed by atoms with E-state index >= 15 is 0 Å². The molecule has 2 atom stereocenters. The van der Waals surface area contributed by atoms with Crippen molar-refractivity contribution in [2.24, 2.45) is 0 Å². The van der Waals surface area contributed by atoms with E-state index in [1.807, 2.05) is 0 Å². The molecule has 0 N–H and O–H groups in total. The Morgan fingerprint density at radius 1 is 0.647 bits per heavy atom. The second kappa shape index (κ2) is 9.89. The molecule has 0 aliphatic heterocycles. The number of hydrogen-bond donors (Lipinski definition) is 0. The summed E-state index contributed by atoms with van der Waals surface area (Å²) in [6, 6.07) is 14.4. The van der Waals surface area contributed by atoms with Gasteiger partial charge in [-0.15, -0.1) is 0 Å². The summed E-state index contributed by atoms with van der Waals surface area (Å²) < 4.78 is 3.61. The van der Waals surface area contributed by atoms with Gasteiger partial charge < -0.3 is 24.8 Å². The average molecular weight is 666 g/mol. The number of benzene rings is 2. The maximum absolute atomic E-state index is 2.60. The van der Waals surface area contributed by atoms with Crippen molar-refractivity contribution in [2.45, 2.75) is 38.8 Å². The Labute approximate surface area is 223 Å². The third-order valence-corrected chi connectivity index (χ3v) is 30.7. The second-order valence-electron chi connectivity index (χ2n) is 9.66. The standard InChI is InChI=1S/2C14H11.C2H6Si.2ClH.Hf/c2*1-10-6-7-14-12(8-10)9-11-4-2-3-5-13(11)14;1-3-2;;;/h2*2-8,13H,1H3;1-2H3;2*1H;/q;;;;;+2/p-2. The van der Waals surface area contributed by atoms with Crippen LogP contribution in [-0.4, -0.2) is 5.49 Å². The van der Waals surface area contributed by atoms with Crippen LogP contribution in [0, 0.1) is 13.8 Å². The van der Waals surface area contributed by atoms with Gasteiger partial charge >= 0.3 is 201 Å². The van der Waals surface area contributed by atoms with E-state index in [0.29, 0.717) is 11.8 Å². The van der Waals surface area contributed by atoms with Crippen LogP contribution in [0.3, 0.4) is 0 Å². The Bertz CT molecular complexity index is 1310. The number of halogens is 2. The predicted molar refractivity (Wildman–Crippen MR) is 136 cm³/mol. The fourth-order valence-corrected chi connectivity index (χ4v) is 30.4. The van der Waals surface area contributed by atoms with Crippen molar-refractivity contribution in [1.29, 1.82) is 0 Å². The first-order valence-corrected chi connectivity index (χ1v) is 23.1. The zero-order valence-electron chi connectivity index (χ0n) is 20.0. The van der Waals surface area contributed by atoms with Gasteiger partial charge in [0.05, 0.1) is 0 Å². The summed E-state index contributed by atoms with van der Waals surface area (Å²) in [6.07, 6.45) is 18.8. The summed E-state index contributed by atoms with van der Waals surface area (Å²) in [5, 5.41) is 0. The monoisotopic (exact) mass is 666 g/mol. The van der Waals surface area contributed by atoms with Crippen LogP contribution in [0.25, 0.3) is 6.66 Å². The zero-order valence-corrected chi connectivity index (χ0v) is 26.1. The molecule has 2 unspecified atom stereocenters. The van der Waals surface area contributed by atoms with E-state index in [4.69, 9.17) is 0 Å². The van der Waals surface area contributed by atoms with Gasteiger partial charge in [0, 0.05) is 0 Å². The van der Waals surface area contributed by atoms with Gasteiger partial charge in [0.1, 0.15) is 0 Å². The van der Waals surface area contributed by atoms with Crippen LogP contribution in [0.1, 0.15) is 45.2 Å². The summed E-state index contributed by atoms with van der Waals surface area (Å²) in [4.78, 5) is 0. The topological polar surface area (TPSA) is 0 Å². The molecule has 0 saturated carbocycles. The molecule has 0 spiro atoms. The van der Waals surface area contributed by atoms with Crippen molar-refractivity contribution < 1.29 is 44.9 Å². The van der Waals surface area contributed by atoms with E-state index in [1.54, 1.807) is 28.9 Å². The smallest absolute Gasteiger partial charge is 1.00 e. The summed E-state index contributed by atoms with van der Waals surface area (Å²) >= 11 is -2.43. The third kappa shape index (κ3) is 3.91. The third-order valence-electron chi connectivity index (χ3n) is 7.25. The maximum Gasteiger partial charge on any atom is -1.00 e. The molecule has 2 aromatic carbocycles. The molecule has 34 heavy (non-hydrogen) atoms. The van der Waals surface area contributed by atoms with E-state index in [-0.39, 0.29) is 24.8 Å². The molecule has 6 rings (SSSR count). The van der Waals surface area contributed by atoms with Crippen molar-refractivity contribution in [3.8, 4) is 0 Å². The number of rotatable bonds is 2. The Kier molecular flexibility index (Phi) is 7.46. The minimum Gasteiger partial charge on any atom is -1.00 e. The van der Waals surface area contributed by atoms with Crippen molar-refractivity contribution in [1.82, 2.24) is 0 Å². The van der Waals surface area contributed by atoms with Gasteiger partial charge in [0.25, 0.3) is 0 Å². The average Bonchev–Trinajstić information content (AvgIpc) is 3.27. The van der Waals surface area contributed by atoms with Crippen molar-refractivity contribution in [2.75, 3.05) is 0 Å². The van der Waals surface area contributed by atoms with E-state index in [0.717, 1.165) is 0 Å². The first kappa shape index (κ1) is 25.6. The van der Waals surface area contributed by atoms with Crippen LogP contribution < -0.4 is 24.8 Å². The molecule has 2 aromatic rings. The van der Waals surface area contributed by atoms with Gasteiger partial charge in [-0.1, -0.05) is 0 Å². The first-order chi connectivity index (χ1) is 15.5. The molecule has 0 fully saturated rings. The van der Waals surface area contributed by atoms with Crippen LogP contribution in [-0.2, 0) is 20.1 Å². The van der Waals surface area contributed by atoms with E-state index in [2.05, 4.69) is 112 Å². The molecule has 0 radical (unpaired) electrons. The minimum absolute atomic E-state index is 0. The molecule has 0 bridgehead atoms. The number of aryl methyl sites for hydroxylation is 2. The predicted octanol–water partition coefficient (Wildman–Crippen LogP) is 1.75. The molecule has 0 amide bonds. The first-order valence-electron chi connectivity index (χ1n) is 11.6. The normalized spacial score (nSPS) is 20.1. The quantitative estimate of drug-likeness (QED) is 0.430. The van der Waals surface area contributed by atoms with Crippen LogP contribution in [0.5, 0.6) is 0 Å². The maximum atomic E-state index is 2.60. The summed E-state index contributed by atoms with van der Waals surface area (Å²) in [5.41, 5.74) is 11.8.